The van der Waals surface area contributed by atoms with Gasteiger partial charge in [-0.2, -0.15) is 0 Å². The first-order valence-electron chi connectivity index (χ1n) is 3.89. The molecular weight excluding hydrogens is 235 g/mol. The Hall–Kier alpha value is -0.830. The number of halogens is 2. The van der Waals surface area contributed by atoms with Crippen LogP contribution in [0.1, 0.15) is 13.8 Å². The number of ether oxygens (including phenoxy) is 1. The molecule has 70 valence electrons. The summed E-state index contributed by atoms with van der Waals surface area (Å²) in [7, 11) is 0. The molecule has 0 unspecified atom stereocenters. The molecule has 0 saturated carbocycles. The Morgan fingerprint density at radius 3 is 2.77 bits per heavy atom. The minimum Gasteiger partial charge on any atom is -0.461 e. The highest BCUT2D eigenvalue weighted by molar-refractivity contribution is 9.10. The van der Waals surface area contributed by atoms with Gasteiger partial charge in [0.2, 0.25) is 0 Å². The van der Waals surface area contributed by atoms with Crippen LogP contribution in [-0.2, 0) is 0 Å². The van der Waals surface area contributed by atoms with Crippen molar-refractivity contribution in [1.82, 2.24) is 0 Å². The lowest BCUT2D eigenvalue weighted by Crippen LogP contribution is -1.91. The molecule has 0 amide bonds. The van der Waals surface area contributed by atoms with Crippen LogP contribution in [0.25, 0.3) is 0 Å². The zero-order chi connectivity index (χ0) is 9.84. The lowest BCUT2D eigenvalue weighted by Gasteiger charge is -2.06. The van der Waals surface area contributed by atoms with Gasteiger partial charge in [0.25, 0.3) is 0 Å². The molecule has 1 rings (SSSR count). The second-order valence-electron chi connectivity index (χ2n) is 2.58. The summed E-state index contributed by atoms with van der Waals surface area (Å²) in [5.74, 6) is 1.13. The normalized spacial score (nSPS) is 11.5. The fourth-order valence-electron chi connectivity index (χ4n) is 0.790. The maximum atomic E-state index is 12.7. The van der Waals surface area contributed by atoms with Gasteiger partial charge in [0.15, 0.2) is 0 Å². The molecule has 0 atom stereocenters. The van der Waals surface area contributed by atoms with Gasteiger partial charge >= 0.3 is 0 Å². The van der Waals surface area contributed by atoms with Crippen LogP contribution >= 0.6 is 15.9 Å². The summed E-state index contributed by atoms with van der Waals surface area (Å²) >= 11 is 3.21. The van der Waals surface area contributed by atoms with E-state index in [0.29, 0.717) is 10.2 Å². The maximum absolute atomic E-state index is 12.7. The summed E-state index contributed by atoms with van der Waals surface area (Å²) < 4.78 is 18.7. The van der Waals surface area contributed by atoms with Crippen LogP contribution in [0.3, 0.4) is 0 Å². The van der Waals surface area contributed by atoms with E-state index in [1.54, 1.807) is 6.07 Å². The average molecular weight is 245 g/mol. The van der Waals surface area contributed by atoms with Crippen LogP contribution < -0.4 is 4.74 Å². The van der Waals surface area contributed by atoms with Gasteiger partial charge in [-0.3, -0.25) is 0 Å². The number of hydrogen-bond acceptors (Lipinski definition) is 1. The lowest BCUT2D eigenvalue weighted by molar-refractivity contribution is 0.423. The number of hydrogen-bond donors (Lipinski definition) is 0. The summed E-state index contributed by atoms with van der Waals surface area (Å²) in [6, 6.07) is 4.33. The molecule has 1 nitrogen and oxygen atoms in total. The van der Waals surface area contributed by atoms with E-state index in [9.17, 15) is 4.39 Å². The first kappa shape index (κ1) is 10.3. The van der Waals surface area contributed by atoms with Crippen LogP contribution in [-0.4, -0.2) is 0 Å². The molecule has 3 heteroatoms. The van der Waals surface area contributed by atoms with Gasteiger partial charge in [-0.25, -0.2) is 4.39 Å². The van der Waals surface area contributed by atoms with E-state index in [-0.39, 0.29) is 5.82 Å². The zero-order valence-corrected chi connectivity index (χ0v) is 9.06. The first-order valence-corrected chi connectivity index (χ1v) is 4.68. The Morgan fingerprint density at radius 2 is 2.23 bits per heavy atom. The summed E-state index contributed by atoms with van der Waals surface area (Å²) in [6.45, 7) is 3.72. The van der Waals surface area contributed by atoms with Crippen molar-refractivity contribution in [2.45, 2.75) is 13.8 Å². The largest absolute Gasteiger partial charge is 0.461 e. The van der Waals surface area contributed by atoms with Crippen molar-refractivity contribution in [2.75, 3.05) is 0 Å². The second kappa shape index (κ2) is 4.42. The molecule has 0 saturated heterocycles. The minimum atomic E-state index is -0.280. The fraction of sp³-hybridized carbons (Fsp3) is 0.200. The molecule has 0 N–H and O–H groups in total. The Kier molecular flexibility index (Phi) is 3.48. The molecule has 0 heterocycles. The third-order valence-electron chi connectivity index (χ3n) is 1.57. The fourth-order valence-corrected chi connectivity index (χ4v) is 1.22. The van der Waals surface area contributed by atoms with Crippen LogP contribution in [0.15, 0.2) is 34.5 Å². The van der Waals surface area contributed by atoms with Gasteiger partial charge in [-0.15, -0.1) is 0 Å². The molecule has 0 spiro atoms. The molecule has 0 fully saturated rings. The van der Waals surface area contributed by atoms with E-state index in [0.717, 1.165) is 5.76 Å². The smallest absolute Gasteiger partial charge is 0.141 e. The molecule has 0 aromatic heterocycles. The van der Waals surface area contributed by atoms with Crippen molar-refractivity contribution in [1.29, 1.82) is 0 Å². The molecule has 0 aliphatic rings. The van der Waals surface area contributed by atoms with Crippen molar-refractivity contribution in [2.24, 2.45) is 0 Å². The Labute approximate surface area is 85.3 Å². The number of benzene rings is 1. The molecule has 1 aromatic carbocycles. The quantitative estimate of drug-likeness (QED) is 0.718. The minimum absolute atomic E-state index is 0.280. The molecule has 0 aliphatic carbocycles. The molecule has 0 aliphatic heterocycles. The standard InChI is InChI=1S/C10H10BrFO/c1-3-7(2)13-10-5-4-8(12)6-9(10)11/h3-6H,1-2H3/b7-3+. The van der Waals surface area contributed by atoms with Gasteiger partial charge in [-0.1, -0.05) is 0 Å². The van der Waals surface area contributed by atoms with E-state index in [4.69, 9.17) is 4.74 Å². The predicted molar refractivity (Wildman–Crippen MR) is 54.2 cm³/mol. The average Bonchev–Trinajstić information content (AvgIpc) is 2.09. The maximum Gasteiger partial charge on any atom is 0.141 e. The highest BCUT2D eigenvalue weighted by Crippen LogP contribution is 2.26. The predicted octanol–water partition coefficient (Wildman–Crippen LogP) is 3.89. The van der Waals surface area contributed by atoms with Crippen LogP contribution in [0.4, 0.5) is 4.39 Å². The van der Waals surface area contributed by atoms with Crippen LogP contribution in [0.5, 0.6) is 5.75 Å². The summed E-state index contributed by atoms with van der Waals surface area (Å²) in [5, 5.41) is 0. The highest BCUT2D eigenvalue weighted by atomic mass is 79.9. The van der Waals surface area contributed by atoms with Gasteiger partial charge in [0.05, 0.1) is 10.2 Å². The third-order valence-corrected chi connectivity index (χ3v) is 2.19. The SMILES string of the molecule is C/C=C(\C)Oc1ccc(F)cc1Br. The number of allylic oxidation sites excluding steroid dienone is 2. The number of rotatable bonds is 2. The Morgan fingerprint density at radius 1 is 1.54 bits per heavy atom. The Balaban J connectivity index is 2.90. The van der Waals surface area contributed by atoms with Gasteiger partial charge < -0.3 is 4.74 Å². The molecule has 13 heavy (non-hydrogen) atoms. The van der Waals surface area contributed by atoms with E-state index in [1.807, 2.05) is 19.9 Å². The van der Waals surface area contributed by atoms with E-state index < -0.39 is 0 Å². The van der Waals surface area contributed by atoms with E-state index in [2.05, 4.69) is 15.9 Å². The summed E-state index contributed by atoms with van der Waals surface area (Å²) in [6.07, 6.45) is 1.84. The van der Waals surface area contributed by atoms with E-state index >= 15 is 0 Å². The third kappa shape index (κ3) is 2.84. The topological polar surface area (TPSA) is 9.23 Å². The highest BCUT2D eigenvalue weighted by Gasteiger charge is 2.02. The van der Waals surface area contributed by atoms with Crippen molar-refractivity contribution in [3.05, 3.63) is 40.3 Å². The van der Waals surface area contributed by atoms with E-state index in [1.165, 1.54) is 12.1 Å². The van der Waals surface area contributed by atoms with Crippen LogP contribution in [0, 0.1) is 5.82 Å². The summed E-state index contributed by atoms with van der Waals surface area (Å²) in [4.78, 5) is 0. The monoisotopic (exact) mass is 244 g/mol. The van der Waals surface area contributed by atoms with Crippen molar-refractivity contribution >= 4 is 15.9 Å². The van der Waals surface area contributed by atoms with Crippen molar-refractivity contribution in [3.8, 4) is 5.75 Å². The molecule has 0 radical (unpaired) electrons. The molecular formula is C10H10BrFO. The van der Waals surface area contributed by atoms with Crippen molar-refractivity contribution < 1.29 is 9.13 Å². The molecule has 0 bridgehead atoms. The van der Waals surface area contributed by atoms with Gasteiger partial charge in [0.1, 0.15) is 11.6 Å². The van der Waals surface area contributed by atoms with Gasteiger partial charge in [-0.05, 0) is 54.1 Å². The van der Waals surface area contributed by atoms with Gasteiger partial charge in [0, 0.05) is 0 Å². The lowest BCUT2D eigenvalue weighted by atomic mass is 10.3. The van der Waals surface area contributed by atoms with Crippen molar-refractivity contribution in [3.63, 3.8) is 0 Å². The van der Waals surface area contributed by atoms with Crippen LogP contribution in [0.2, 0.25) is 0 Å². The Bertz CT molecular complexity index is 334. The first-order chi connectivity index (χ1) is 6.13. The second-order valence-corrected chi connectivity index (χ2v) is 3.43. The zero-order valence-electron chi connectivity index (χ0n) is 7.47. The summed E-state index contributed by atoms with van der Waals surface area (Å²) in [5.41, 5.74) is 0. The molecule has 1 aromatic rings.